The van der Waals surface area contributed by atoms with Gasteiger partial charge in [-0.25, -0.2) is 8.42 Å². The van der Waals surface area contributed by atoms with Gasteiger partial charge in [0.05, 0.1) is 24.1 Å². The Kier molecular flexibility index (Phi) is 5.96. The third-order valence-corrected chi connectivity index (χ3v) is 5.49. The minimum atomic E-state index is -3.99. The van der Waals surface area contributed by atoms with E-state index >= 15 is 0 Å². The molecule has 2 aromatic carbocycles. The van der Waals surface area contributed by atoms with Crippen molar-refractivity contribution < 1.29 is 17.9 Å². The highest BCUT2D eigenvalue weighted by molar-refractivity contribution is 7.95. The summed E-state index contributed by atoms with van der Waals surface area (Å²) in [4.78, 5) is -0.464. The van der Waals surface area contributed by atoms with Gasteiger partial charge < -0.3 is 9.47 Å². The Morgan fingerprint density at radius 1 is 1.12 bits per heavy atom. The van der Waals surface area contributed by atoms with E-state index < -0.39 is 14.7 Å². The van der Waals surface area contributed by atoms with Crippen LogP contribution in [-0.4, -0.2) is 22.6 Å². The Labute approximate surface area is 155 Å². The average Bonchev–Trinajstić information content (AvgIpc) is 2.59. The molecular weight excluding hydrogens is 385 g/mol. The van der Waals surface area contributed by atoms with Crippen molar-refractivity contribution in [1.29, 1.82) is 5.26 Å². The van der Waals surface area contributed by atoms with Gasteiger partial charge in [0.25, 0.3) is 0 Å². The lowest BCUT2D eigenvalue weighted by Gasteiger charge is -2.10. The van der Waals surface area contributed by atoms with Crippen LogP contribution in [0.5, 0.6) is 11.5 Å². The lowest BCUT2D eigenvalue weighted by molar-refractivity contribution is 0.355. The first kappa shape index (κ1) is 19.1. The largest absolute Gasteiger partial charge is 0.493 e. The average molecular weight is 398 g/mol. The second-order valence-corrected chi connectivity index (χ2v) is 7.58. The highest BCUT2D eigenvalue weighted by Crippen LogP contribution is 2.37. The van der Waals surface area contributed by atoms with Crippen molar-refractivity contribution in [3.05, 3.63) is 56.9 Å². The molecule has 5 nitrogen and oxygen atoms in total. The smallest absolute Gasteiger partial charge is 0.216 e. The van der Waals surface area contributed by atoms with E-state index in [9.17, 15) is 13.7 Å². The third-order valence-electron chi connectivity index (χ3n) is 3.28. The molecule has 0 N–H and O–H groups in total. The predicted molar refractivity (Wildman–Crippen MR) is 96.8 cm³/mol. The first-order valence-electron chi connectivity index (χ1n) is 6.87. The quantitative estimate of drug-likeness (QED) is 0.700. The molecule has 0 bridgehead atoms. The zero-order chi connectivity index (χ0) is 18.6. The summed E-state index contributed by atoms with van der Waals surface area (Å²) in [6.07, 6.45) is 1.22. The molecule has 0 aliphatic rings. The Morgan fingerprint density at radius 3 is 2.28 bits per heavy atom. The Morgan fingerprint density at radius 2 is 1.76 bits per heavy atom. The van der Waals surface area contributed by atoms with Gasteiger partial charge in [-0.05, 0) is 48.0 Å². The summed E-state index contributed by atoms with van der Waals surface area (Å²) < 4.78 is 35.5. The van der Waals surface area contributed by atoms with Crippen LogP contribution in [0.25, 0.3) is 6.08 Å². The molecule has 0 saturated heterocycles. The number of allylic oxidation sites excluding steroid dienone is 1. The van der Waals surface area contributed by atoms with Crippen molar-refractivity contribution in [3.8, 4) is 17.6 Å². The van der Waals surface area contributed by atoms with Crippen LogP contribution >= 0.6 is 23.2 Å². The van der Waals surface area contributed by atoms with E-state index in [0.717, 1.165) is 0 Å². The van der Waals surface area contributed by atoms with E-state index in [0.29, 0.717) is 22.1 Å². The monoisotopic (exact) mass is 397 g/mol. The molecule has 130 valence electrons. The van der Waals surface area contributed by atoms with Gasteiger partial charge in [0.1, 0.15) is 11.0 Å². The first-order valence-corrected chi connectivity index (χ1v) is 9.11. The van der Waals surface area contributed by atoms with Crippen molar-refractivity contribution in [1.82, 2.24) is 0 Å². The molecule has 0 heterocycles. The second kappa shape index (κ2) is 7.79. The van der Waals surface area contributed by atoms with Gasteiger partial charge in [0.2, 0.25) is 9.84 Å². The maximum Gasteiger partial charge on any atom is 0.216 e. The maximum absolute atomic E-state index is 12.6. The molecule has 25 heavy (non-hydrogen) atoms. The van der Waals surface area contributed by atoms with Gasteiger partial charge in [0, 0.05) is 5.02 Å². The van der Waals surface area contributed by atoms with Crippen LogP contribution in [0.2, 0.25) is 10.0 Å². The van der Waals surface area contributed by atoms with Gasteiger partial charge in [-0.3, -0.25) is 0 Å². The summed E-state index contributed by atoms with van der Waals surface area (Å²) in [5.74, 6) is 0.641. The molecular formula is C17H13Cl2NO4S. The van der Waals surface area contributed by atoms with Crippen molar-refractivity contribution in [2.45, 2.75) is 4.90 Å². The van der Waals surface area contributed by atoms with Gasteiger partial charge in [-0.15, -0.1) is 0 Å². The molecule has 0 spiro atoms. The van der Waals surface area contributed by atoms with Gasteiger partial charge in [0.15, 0.2) is 11.5 Å². The lowest BCUT2D eigenvalue weighted by Crippen LogP contribution is -2.03. The Hall–Kier alpha value is -2.20. The minimum Gasteiger partial charge on any atom is -0.493 e. The highest BCUT2D eigenvalue weighted by Gasteiger charge is 2.21. The van der Waals surface area contributed by atoms with Crippen LogP contribution in [0.3, 0.4) is 0 Å². The molecule has 0 aliphatic carbocycles. The molecule has 2 aromatic rings. The summed E-state index contributed by atoms with van der Waals surface area (Å²) in [5, 5.41) is 9.95. The van der Waals surface area contributed by atoms with Crippen LogP contribution in [0.4, 0.5) is 0 Å². The Bertz CT molecular complexity index is 961. The number of ether oxygens (including phenoxy) is 2. The molecule has 0 unspecified atom stereocenters. The van der Waals surface area contributed by atoms with Gasteiger partial charge in [-0.2, -0.15) is 5.26 Å². The number of sulfone groups is 1. The number of nitriles is 1. The van der Waals surface area contributed by atoms with E-state index in [4.69, 9.17) is 32.7 Å². The second-order valence-electron chi connectivity index (χ2n) is 4.82. The van der Waals surface area contributed by atoms with E-state index in [-0.39, 0.29) is 9.92 Å². The van der Waals surface area contributed by atoms with Crippen molar-refractivity contribution in [2.24, 2.45) is 0 Å². The number of hydrogen-bond donors (Lipinski definition) is 0. The summed E-state index contributed by atoms with van der Waals surface area (Å²) in [7, 11) is -1.12. The SMILES string of the molecule is COc1cc(/C=C(\C#N)S(=O)(=O)c2ccc(Cl)cc2)cc(Cl)c1OC. The van der Waals surface area contributed by atoms with Crippen LogP contribution < -0.4 is 9.47 Å². The maximum atomic E-state index is 12.6. The number of methoxy groups -OCH3 is 2. The van der Waals surface area contributed by atoms with Crippen LogP contribution in [0.1, 0.15) is 5.56 Å². The van der Waals surface area contributed by atoms with Crippen molar-refractivity contribution in [3.63, 3.8) is 0 Å². The molecule has 2 rings (SSSR count). The minimum absolute atomic E-state index is 0.0312. The van der Waals surface area contributed by atoms with Crippen molar-refractivity contribution >= 4 is 39.1 Å². The fraction of sp³-hybridized carbons (Fsp3) is 0.118. The topological polar surface area (TPSA) is 76.4 Å². The van der Waals surface area contributed by atoms with E-state index in [2.05, 4.69) is 0 Å². The fourth-order valence-corrected chi connectivity index (χ4v) is 3.67. The van der Waals surface area contributed by atoms with Crippen molar-refractivity contribution in [2.75, 3.05) is 14.2 Å². The van der Waals surface area contributed by atoms with E-state index in [1.165, 1.54) is 56.7 Å². The summed E-state index contributed by atoms with van der Waals surface area (Å²) in [5.41, 5.74) is 0.386. The van der Waals surface area contributed by atoms with Crippen LogP contribution in [0.15, 0.2) is 46.2 Å². The standard InChI is InChI=1S/C17H13Cl2NO4S/c1-23-16-9-11(8-15(19)17(16)24-2)7-14(10-20)25(21,22)13-5-3-12(18)4-6-13/h3-9H,1-2H3/b14-7+. The number of nitrogens with zero attached hydrogens (tertiary/aromatic N) is 1. The molecule has 0 aromatic heterocycles. The van der Waals surface area contributed by atoms with E-state index in [1.54, 1.807) is 6.07 Å². The normalized spacial score (nSPS) is 11.7. The van der Waals surface area contributed by atoms with Gasteiger partial charge >= 0.3 is 0 Å². The van der Waals surface area contributed by atoms with Gasteiger partial charge in [-0.1, -0.05) is 23.2 Å². The number of halogens is 2. The number of rotatable bonds is 5. The molecule has 8 heteroatoms. The Balaban J connectivity index is 2.56. The van der Waals surface area contributed by atoms with Crippen LogP contribution in [-0.2, 0) is 9.84 Å². The highest BCUT2D eigenvalue weighted by atomic mass is 35.5. The summed E-state index contributed by atoms with van der Waals surface area (Å²) >= 11 is 11.9. The molecule has 0 radical (unpaired) electrons. The molecule has 0 atom stereocenters. The number of hydrogen-bond acceptors (Lipinski definition) is 5. The first-order chi connectivity index (χ1) is 11.8. The molecule has 0 fully saturated rings. The lowest BCUT2D eigenvalue weighted by atomic mass is 10.2. The van der Waals surface area contributed by atoms with Crippen LogP contribution in [0, 0.1) is 11.3 Å². The fourth-order valence-electron chi connectivity index (χ4n) is 2.08. The molecule has 0 aliphatic heterocycles. The molecule has 0 saturated carbocycles. The zero-order valence-electron chi connectivity index (χ0n) is 13.3. The van der Waals surface area contributed by atoms with E-state index in [1.807, 2.05) is 0 Å². The number of benzene rings is 2. The summed E-state index contributed by atoms with van der Waals surface area (Å²) in [6.45, 7) is 0. The third kappa shape index (κ3) is 4.07. The predicted octanol–water partition coefficient (Wildman–Crippen LogP) is 4.35. The summed E-state index contributed by atoms with van der Waals surface area (Å²) in [6, 6.07) is 10.3. The molecule has 0 amide bonds. The zero-order valence-corrected chi connectivity index (χ0v) is 15.6.